The molecule has 1 aromatic carbocycles. The Kier molecular flexibility index (Phi) is 7.65. The van der Waals surface area contributed by atoms with Gasteiger partial charge in [-0.25, -0.2) is 0 Å². The number of aromatic nitrogens is 2. The van der Waals surface area contributed by atoms with Crippen LogP contribution in [0.5, 0.6) is 0 Å². The summed E-state index contributed by atoms with van der Waals surface area (Å²) < 4.78 is 0.724. The molecule has 0 spiro atoms. The van der Waals surface area contributed by atoms with E-state index >= 15 is 0 Å². The minimum atomic E-state index is -0.0503. The molecule has 0 saturated heterocycles. The van der Waals surface area contributed by atoms with Crippen molar-refractivity contribution in [3.8, 4) is 0 Å². The molecule has 0 radical (unpaired) electrons. The third-order valence-corrected chi connectivity index (χ3v) is 7.40. The number of benzene rings is 1. The van der Waals surface area contributed by atoms with Crippen LogP contribution in [-0.2, 0) is 11.2 Å². The number of Topliss-reactive ketones (excluding diaryl/α,β-unsaturated/α-hetero) is 1. The zero-order chi connectivity index (χ0) is 20.8. The number of halogens is 1. The summed E-state index contributed by atoms with van der Waals surface area (Å²) >= 11 is 10.4. The molecule has 0 fully saturated rings. The number of hydrogen-bond donors (Lipinski definition) is 2. The molecule has 2 heterocycles. The fourth-order valence-electron chi connectivity index (χ4n) is 2.33. The summed E-state index contributed by atoms with van der Waals surface area (Å²) in [5, 5.41) is 15.5. The van der Waals surface area contributed by atoms with Crippen molar-refractivity contribution in [1.82, 2.24) is 15.5 Å². The van der Waals surface area contributed by atoms with Gasteiger partial charge >= 0.3 is 0 Å². The third-order valence-electron chi connectivity index (χ3n) is 3.84. The van der Waals surface area contributed by atoms with Gasteiger partial charge in [0.25, 0.3) is 0 Å². The van der Waals surface area contributed by atoms with Gasteiger partial charge in [0.15, 0.2) is 10.1 Å². The monoisotopic (exact) mass is 466 g/mol. The number of thioether (sulfide) groups is 1. The van der Waals surface area contributed by atoms with Crippen molar-refractivity contribution >= 4 is 68.5 Å². The lowest BCUT2D eigenvalue weighted by atomic mass is 10.2. The molecular weight excluding hydrogens is 448 g/mol. The second-order valence-electron chi connectivity index (χ2n) is 6.17. The molecule has 3 rings (SSSR count). The molecule has 29 heavy (non-hydrogen) atoms. The van der Waals surface area contributed by atoms with E-state index in [0.717, 1.165) is 26.9 Å². The van der Waals surface area contributed by atoms with Gasteiger partial charge in [-0.15, -0.1) is 21.5 Å². The van der Waals surface area contributed by atoms with Gasteiger partial charge < -0.3 is 10.6 Å². The van der Waals surface area contributed by atoms with Crippen molar-refractivity contribution in [3.63, 3.8) is 0 Å². The second-order valence-corrected chi connectivity index (χ2v) is 9.95. The van der Waals surface area contributed by atoms with Gasteiger partial charge in [0, 0.05) is 29.1 Å². The Balaban J connectivity index is 1.50. The van der Waals surface area contributed by atoms with E-state index in [9.17, 15) is 9.59 Å². The number of thiophene rings is 1. The quantitative estimate of drug-likeness (QED) is 0.342. The molecule has 0 aliphatic rings. The maximum absolute atomic E-state index is 12.4. The minimum Gasteiger partial charge on any atom is -0.356 e. The molecular formula is C19H19ClN4O2S3. The molecule has 6 nitrogen and oxygen atoms in total. The lowest BCUT2D eigenvalue weighted by Crippen LogP contribution is -2.22. The summed E-state index contributed by atoms with van der Waals surface area (Å²) in [5.74, 6) is 0.308. The average Bonchev–Trinajstić information content (AvgIpc) is 3.32. The molecule has 152 valence electrons. The molecule has 2 N–H and O–H groups in total. The van der Waals surface area contributed by atoms with E-state index in [4.69, 9.17) is 11.6 Å². The van der Waals surface area contributed by atoms with Crippen molar-refractivity contribution in [3.05, 3.63) is 50.7 Å². The summed E-state index contributed by atoms with van der Waals surface area (Å²) in [4.78, 5) is 25.1. The predicted molar refractivity (Wildman–Crippen MR) is 121 cm³/mol. The average molecular weight is 467 g/mol. The van der Waals surface area contributed by atoms with Crippen LogP contribution in [0.4, 0.5) is 10.8 Å². The topological polar surface area (TPSA) is 84.0 Å². The van der Waals surface area contributed by atoms with Crippen molar-refractivity contribution in [2.24, 2.45) is 0 Å². The van der Waals surface area contributed by atoms with Crippen molar-refractivity contribution in [2.75, 3.05) is 17.6 Å². The lowest BCUT2D eigenvalue weighted by molar-refractivity contribution is -0.118. The summed E-state index contributed by atoms with van der Waals surface area (Å²) in [6.07, 6.45) is 0.721. The molecule has 0 unspecified atom stereocenters. The van der Waals surface area contributed by atoms with E-state index in [1.165, 1.54) is 41.4 Å². The van der Waals surface area contributed by atoms with Gasteiger partial charge in [-0.3, -0.25) is 9.59 Å². The van der Waals surface area contributed by atoms with Crippen LogP contribution in [0.15, 0.2) is 34.7 Å². The van der Waals surface area contributed by atoms with Crippen LogP contribution >= 0.6 is 46.0 Å². The first kappa shape index (κ1) is 21.8. The number of carbonyl (C=O) groups excluding carboxylic acids is 2. The number of ketones is 1. The van der Waals surface area contributed by atoms with Gasteiger partial charge in [-0.1, -0.05) is 40.8 Å². The number of aryl methyl sites for hydroxylation is 1. The predicted octanol–water partition coefficient (Wildman–Crippen LogP) is 4.96. The van der Waals surface area contributed by atoms with E-state index < -0.39 is 0 Å². The Bertz CT molecular complexity index is 1020. The lowest BCUT2D eigenvalue weighted by Gasteiger charge is -2.03. The Morgan fingerprint density at radius 1 is 1.17 bits per heavy atom. The van der Waals surface area contributed by atoms with Crippen LogP contribution in [0.1, 0.15) is 27.0 Å². The summed E-state index contributed by atoms with van der Waals surface area (Å²) in [6.45, 7) is 4.01. The Labute approximate surface area is 186 Å². The molecule has 10 heteroatoms. The SMILES string of the molecule is CC(=O)NCCc1ccc(C(=O)CSc2nnc(Nc3ccc(C)c(Cl)c3)s2)s1. The summed E-state index contributed by atoms with van der Waals surface area (Å²) in [6, 6.07) is 9.48. The van der Waals surface area contributed by atoms with Gasteiger partial charge in [-0.2, -0.15) is 0 Å². The molecule has 0 saturated carbocycles. The highest BCUT2D eigenvalue weighted by atomic mass is 35.5. The highest BCUT2D eigenvalue weighted by Gasteiger charge is 2.13. The molecule has 0 bridgehead atoms. The first-order valence-corrected chi connectivity index (χ1v) is 11.8. The highest BCUT2D eigenvalue weighted by Crippen LogP contribution is 2.30. The molecule has 0 aliphatic heterocycles. The Morgan fingerprint density at radius 3 is 2.76 bits per heavy atom. The number of carbonyl (C=O) groups is 2. The maximum atomic E-state index is 12.4. The second kappa shape index (κ2) is 10.2. The minimum absolute atomic E-state index is 0.0503. The van der Waals surface area contributed by atoms with Crippen LogP contribution in [-0.4, -0.2) is 34.2 Å². The molecule has 3 aromatic rings. The van der Waals surface area contributed by atoms with Crippen LogP contribution in [0.2, 0.25) is 5.02 Å². The molecule has 0 aliphatic carbocycles. The van der Waals surface area contributed by atoms with Crippen LogP contribution < -0.4 is 10.6 Å². The van der Waals surface area contributed by atoms with E-state index in [2.05, 4.69) is 20.8 Å². The molecule has 0 atom stereocenters. The van der Waals surface area contributed by atoms with E-state index in [-0.39, 0.29) is 11.7 Å². The van der Waals surface area contributed by atoms with Crippen LogP contribution in [0, 0.1) is 6.92 Å². The fourth-order valence-corrected chi connectivity index (χ4v) is 5.21. The fraction of sp³-hybridized carbons (Fsp3) is 0.263. The van der Waals surface area contributed by atoms with Crippen LogP contribution in [0.3, 0.4) is 0 Å². The summed E-state index contributed by atoms with van der Waals surface area (Å²) in [5.41, 5.74) is 1.85. The number of nitrogens with zero attached hydrogens (tertiary/aromatic N) is 2. The van der Waals surface area contributed by atoms with Gasteiger partial charge in [0.05, 0.1) is 10.6 Å². The first-order valence-electron chi connectivity index (χ1n) is 8.76. The zero-order valence-electron chi connectivity index (χ0n) is 15.8. The van der Waals surface area contributed by atoms with Crippen LogP contribution in [0.25, 0.3) is 0 Å². The van der Waals surface area contributed by atoms with E-state index in [1.807, 2.05) is 37.3 Å². The summed E-state index contributed by atoms with van der Waals surface area (Å²) in [7, 11) is 0. The number of rotatable bonds is 9. The Morgan fingerprint density at radius 2 is 2.00 bits per heavy atom. The number of anilines is 2. The highest BCUT2D eigenvalue weighted by molar-refractivity contribution is 8.01. The van der Waals surface area contributed by atoms with Crippen molar-refractivity contribution < 1.29 is 9.59 Å². The maximum Gasteiger partial charge on any atom is 0.216 e. The van der Waals surface area contributed by atoms with Gasteiger partial charge in [0.2, 0.25) is 11.0 Å². The number of hydrogen-bond acceptors (Lipinski definition) is 8. The van der Waals surface area contributed by atoms with Gasteiger partial charge in [0.1, 0.15) is 0 Å². The number of amides is 1. The normalized spacial score (nSPS) is 10.7. The van der Waals surface area contributed by atoms with E-state index in [0.29, 0.717) is 27.3 Å². The zero-order valence-corrected chi connectivity index (χ0v) is 19.0. The standard InChI is InChI=1S/C19H19ClN4O2S3/c1-11-3-4-13(9-15(11)20)22-18-23-24-19(29-18)27-10-16(26)17-6-5-14(28-17)7-8-21-12(2)25/h3-6,9H,7-8,10H2,1-2H3,(H,21,25)(H,22,23). The smallest absolute Gasteiger partial charge is 0.216 e. The van der Waals surface area contributed by atoms with Gasteiger partial charge in [-0.05, 0) is 43.2 Å². The third kappa shape index (κ3) is 6.53. The number of nitrogens with one attached hydrogen (secondary N) is 2. The first-order chi connectivity index (χ1) is 13.9. The largest absolute Gasteiger partial charge is 0.356 e. The van der Waals surface area contributed by atoms with Crippen molar-refractivity contribution in [2.45, 2.75) is 24.6 Å². The Hall–Kier alpha value is -1.94. The van der Waals surface area contributed by atoms with E-state index in [1.54, 1.807) is 0 Å². The molecule has 1 amide bonds. The van der Waals surface area contributed by atoms with Crippen molar-refractivity contribution in [1.29, 1.82) is 0 Å². The molecule has 2 aromatic heterocycles.